The van der Waals surface area contributed by atoms with E-state index in [1.54, 1.807) is 73.7 Å². The molecule has 44 heavy (non-hydrogen) atoms. The topological polar surface area (TPSA) is 112 Å². The summed E-state index contributed by atoms with van der Waals surface area (Å²) in [6.45, 7) is 3.64. The first-order valence-corrected chi connectivity index (χ1v) is 14.6. The summed E-state index contributed by atoms with van der Waals surface area (Å²) in [5.74, 6) is -0.308. The minimum absolute atomic E-state index is 0.0628. The van der Waals surface area contributed by atoms with E-state index in [1.165, 1.54) is 12.0 Å². The molecule has 1 aromatic heterocycles. The average molecular weight is 611 g/mol. The van der Waals surface area contributed by atoms with Gasteiger partial charge in [-0.3, -0.25) is 9.59 Å². The third-order valence-corrected chi connectivity index (χ3v) is 8.42. The molecule has 0 fully saturated rings. The first-order valence-electron chi connectivity index (χ1n) is 14.2. The third-order valence-electron chi connectivity index (χ3n) is 8.17. The van der Waals surface area contributed by atoms with E-state index < -0.39 is 24.5 Å². The van der Waals surface area contributed by atoms with Crippen molar-refractivity contribution >= 4 is 39.9 Å². The number of aromatic amines is 1. The SMILES string of the molecule is COc1ccc2[nH]c(C)c(CC(=O)OC(C)c3ccc(N4C(O)c5ccccc5C4O)cc3)c2c1C(=O)c1ccc(Cl)cc1. The van der Waals surface area contributed by atoms with Crippen molar-refractivity contribution in [3.63, 3.8) is 0 Å². The van der Waals surface area contributed by atoms with E-state index in [1.807, 2.05) is 25.1 Å². The third kappa shape index (κ3) is 5.21. The number of benzene rings is 4. The number of anilines is 1. The largest absolute Gasteiger partial charge is 0.496 e. The second-order valence-electron chi connectivity index (χ2n) is 10.8. The molecule has 6 rings (SSSR count). The van der Waals surface area contributed by atoms with Crippen LogP contribution in [0.15, 0.2) is 84.9 Å². The molecule has 3 unspecified atom stereocenters. The Labute approximate surface area is 259 Å². The number of ether oxygens (including phenoxy) is 2. The maximum Gasteiger partial charge on any atom is 0.310 e. The van der Waals surface area contributed by atoms with Gasteiger partial charge in [-0.25, -0.2) is 0 Å². The molecule has 0 aliphatic carbocycles. The predicted octanol–water partition coefficient (Wildman–Crippen LogP) is 6.72. The number of fused-ring (bicyclic) bond motifs is 2. The van der Waals surface area contributed by atoms with Crippen molar-refractivity contribution in [1.82, 2.24) is 4.98 Å². The number of halogens is 1. The van der Waals surface area contributed by atoms with Crippen LogP contribution >= 0.6 is 11.6 Å². The van der Waals surface area contributed by atoms with E-state index >= 15 is 0 Å². The molecule has 224 valence electrons. The zero-order valence-electron chi connectivity index (χ0n) is 24.4. The summed E-state index contributed by atoms with van der Waals surface area (Å²) >= 11 is 6.04. The van der Waals surface area contributed by atoms with Crippen molar-refractivity contribution in [3.8, 4) is 5.75 Å². The molecule has 3 N–H and O–H groups in total. The molecule has 1 aliphatic rings. The van der Waals surface area contributed by atoms with Gasteiger partial charge in [-0.05, 0) is 73.5 Å². The van der Waals surface area contributed by atoms with Crippen LogP contribution in [0.2, 0.25) is 5.02 Å². The number of aromatic nitrogens is 1. The Morgan fingerprint density at radius 3 is 2.18 bits per heavy atom. The van der Waals surface area contributed by atoms with Crippen LogP contribution in [0.3, 0.4) is 0 Å². The number of nitrogens with zero attached hydrogens (tertiary/aromatic N) is 1. The highest BCUT2D eigenvalue weighted by molar-refractivity contribution is 6.30. The molecule has 0 bridgehead atoms. The lowest BCUT2D eigenvalue weighted by atomic mass is 9.95. The molecule has 0 saturated heterocycles. The van der Waals surface area contributed by atoms with Gasteiger partial charge in [-0.15, -0.1) is 0 Å². The molecule has 5 aromatic rings. The van der Waals surface area contributed by atoms with Gasteiger partial charge < -0.3 is 29.6 Å². The van der Waals surface area contributed by atoms with Gasteiger partial charge in [-0.1, -0.05) is 48.0 Å². The summed E-state index contributed by atoms with van der Waals surface area (Å²) in [4.78, 5) is 31.8. The van der Waals surface area contributed by atoms with Crippen molar-refractivity contribution < 1.29 is 29.3 Å². The Balaban J connectivity index is 1.22. The average Bonchev–Trinajstić information content (AvgIpc) is 3.48. The number of carbonyl (C=O) groups excluding carboxylic acids is 2. The second kappa shape index (κ2) is 11.8. The minimum atomic E-state index is -0.975. The number of aryl methyl sites for hydroxylation is 1. The van der Waals surface area contributed by atoms with Crippen LogP contribution in [0.25, 0.3) is 10.9 Å². The van der Waals surface area contributed by atoms with Crippen molar-refractivity contribution in [2.45, 2.75) is 38.8 Å². The van der Waals surface area contributed by atoms with Crippen molar-refractivity contribution in [3.05, 3.63) is 129 Å². The Hall–Kier alpha value is -4.63. The summed E-state index contributed by atoms with van der Waals surface area (Å²) in [6.07, 6.45) is -2.58. The first-order chi connectivity index (χ1) is 21.2. The fourth-order valence-corrected chi connectivity index (χ4v) is 6.02. The molecule has 3 atom stereocenters. The highest BCUT2D eigenvalue weighted by Crippen LogP contribution is 2.42. The summed E-state index contributed by atoms with van der Waals surface area (Å²) in [7, 11) is 1.50. The smallest absolute Gasteiger partial charge is 0.310 e. The molecule has 2 heterocycles. The van der Waals surface area contributed by atoms with E-state index in [9.17, 15) is 19.8 Å². The number of hydrogen-bond acceptors (Lipinski definition) is 7. The quantitative estimate of drug-likeness (QED) is 0.132. The fraction of sp³-hybridized carbons (Fsp3) is 0.200. The molecule has 0 amide bonds. The highest BCUT2D eigenvalue weighted by Gasteiger charge is 2.36. The van der Waals surface area contributed by atoms with Gasteiger partial charge in [0.25, 0.3) is 0 Å². The standard InChI is InChI=1S/C35H31ClN2O6/c1-19-27(31-28(37-19)16-17-29(43-3)32(31)33(40)22-8-12-23(36)13-9-22)18-30(39)44-20(2)21-10-14-24(15-11-21)38-34(41)25-6-4-5-7-26(25)35(38)42/h4-17,20,34-35,37,41-42H,18H2,1-3H3. The number of carbonyl (C=O) groups is 2. The lowest BCUT2D eigenvalue weighted by Gasteiger charge is -2.27. The highest BCUT2D eigenvalue weighted by atomic mass is 35.5. The van der Waals surface area contributed by atoms with Crippen LogP contribution in [0.4, 0.5) is 5.69 Å². The van der Waals surface area contributed by atoms with Crippen molar-refractivity contribution in [2.75, 3.05) is 12.0 Å². The Bertz CT molecular complexity index is 1840. The maximum atomic E-state index is 13.7. The van der Waals surface area contributed by atoms with Crippen molar-refractivity contribution in [1.29, 1.82) is 0 Å². The number of aliphatic hydroxyl groups is 2. The van der Waals surface area contributed by atoms with Crippen LogP contribution in [-0.4, -0.2) is 34.1 Å². The zero-order valence-corrected chi connectivity index (χ0v) is 25.1. The van der Waals surface area contributed by atoms with E-state index in [4.69, 9.17) is 21.1 Å². The fourth-order valence-electron chi connectivity index (χ4n) is 5.89. The van der Waals surface area contributed by atoms with Gasteiger partial charge in [0.1, 0.15) is 11.9 Å². The summed E-state index contributed by atoms with van der Waals surface area (Å²) in [6, 6.07) is 24.6. The number of nitrogens with one attached hydrogen (secondary N) is 1. The number of ketones is 1. The predicted molar refractivity (Wildman–Crippen MR) is 168 cm³/mol. The molecule has 0 saturated carbocycles. The number of aliphatic hydroxyl groups excluding tert-OH is 2. The number of esters is 1. The van der Waals surface area contributed by atoms with Gasteiger partial charge in [-0.2, -0.15) is 0 Å². The number of H-pyrrole nitrogens is 1. The van der Waals surface area contributed by atoms with Crippen LogP contribution in [0.5, 0.6) is 5.75 Å². The lowest BCUT2D eigenvalue weighted by molar-refractivity contribution is -0.147. The van der Waals surface area contributed by atoms with Gasteiger partial charge in [0.2, 0.25) is 0 Å². The van der Waals surface area contributed by atoms with E-state index in [0.717, 1.165) is 11.3 Å². The zero-order chi connectivity index (χ0) is 31.1. The lowest BCUT2D eigenvalue weighted by Crippen LogP contribution is -2.25. The van der Waals surface area contributed by atoms with E-state index in [-0.39, 0.29) is 12.2 Å². The van der Waals surface area contributed by atoms with Gasteiger partial charge in [0.05, 0.1) is 19.1 Å². The molecule has 0 spiro atoms. The number of methoxy groups -OCH3 is 1. The molecule has 0 radical (unpaired) electrons. The summed E-state index contributed by atoms with van der Waals surface area (Å²) in [5.41, 5.74) is 5.61. The molecule has 8 nitrogen and oxygen atoms in total. The van der Waals surface area contributed by atoms with Crippen LogP contribution in [-0.2, 0) is 16.0 Å². The number of hydrogen-bond donors (Lipinski definition) is 3. The van der Waals surface area contributed by atoms with Crippen molar-refractivity contribution in [2.24, 2.45) is 0 Å². The Morgan fingerprint density at radius 1 is 0.932 bits per heavy atom. The van der Waals surface area contributed by atoms with E-state index in [0.29, 0.717) is 55.2 Å². The van der Waals surface area contributed by atoms with Gasteiger partial charge >= 0.3 is 5.97 Å². The van der Waals surface area contributed by atoms with Gasteiger partial charge in [0, 0.05) is 44.0 Å². The van der Waals surface area contributed by atoms with Crippen LogP contribution in [0.1, 0.15) is 69.4 Å². The second-order valence-corrected chi connectivity index (χ2v) is 11.3. The normalized spacial score (nSPS) is 16.5. The molecule has 1 aliphatic heterocycles. The summed E-state index contributed by atoms with van der Waals surface area (Å²) < 4.78 is 11.4. The monoisotopic (exact) mass is 610 g/mol. The maximum absolute atomic E-state index is 13.7. The van der Waals surface area contributed by atoms with Crippen LogP contribution in [0, 0.1) is 6.92 Å². The molecular weight excluding hydrogens is 580 g/mol. The summed E-state index contributed by atoms with van der Waals surface area (Å²) in [5, 5.41) is 22.7. The molecule has 9 heteroatoms. The number of rotatable bonds is 8. The van der Waals surface area contributed by atoms with Gasteiger partial charge in [0.15, 0.2) is 18.2 Å². The first kappa shape index (κ1) is 29.4. The van der Waals surface area contributed by atoms with E-state index in [2.05, 4.69) is 4.98 Å². The molecular formula is C35H31ClN2O6. The Kier molecular flexibility index (Phi) is 7.90. The van der Waals surface area contributed by atoms with Crippen LogP contribution < -0.4 is 9.64 Å². The minimum Gasteiger partial charge on any atom is -0.496 e. The molecule has 4 aromatic carbocycles. The Morgan fingerprint density at radius 2 is 1.57 bits per heavy atom.